The van der Waals surface area contributed by atoms with Gasteiger partial charge in [-0.1, -0.05) is 66.2 Å². The summed E-state index contributed by atoms with van der Waals surface area (Å²) >= 11 is 0. The zero-order chi connectivity index (χ0) is 12.3. The van der Waals surface area contributed by atoms with Crippen LogP contribution in [0.5, 0.6) is 0 Å². The molecule has 0 fully saturated rings. The molecule has 0 heterocycles. The Morgan fingerprint density at radius 3 is 2.24 bits per heavy atom. The molecule has 0 aromatic heterocycles. The minimum atomic E-state index is 0.989. The maximum atomic E-state index is 3.83. The summed E-state index contributed by atoms with van der Waals surface area (Å²) in [5.74, 6) is 0. The van der Waals surface area contributed by atoms with Crippen LogP contribution in [0.25, 0.3) is 6.08 Å². The van der Waals surface area contributed by atoms with Crippen molar-refractivity contribution >= 4 is 6.08 Å². The van der Waals surface area contributed by atoms with Crippen molar-refractivity contribution in [1.82, 2.24) is 0 Å². The smallest absolute Gasteiger partial charge is 0.00255 e. The molecule has 0 unspecified atom stereocenters. The molecule has 2 aromatic rings. The molecule has 0 atom stereocenters. The molecule has 86 valence electrons. The summed E-state index contributed by atoms with van der Waals surface area (Å²) in [5.41, 5.74) is 6.52. The Morgan fingerprint density at radius 1 is 0.882 bits per heavy atom. The van der Waals surface area contributed by atoms with Crippen LogP contribution >= 0.6 is 0 Å². The largest absolute Gasteiger partial charge is 0.0985 e. The maximum absolute atomic E-state index is 3.83. The zero-order valence-electron chi connectivity index (χ0n) is 10.5. The predicted molar refractivity (Wildman–Crippen MR) is 75.3 cm³/mol. The van der Waals surface area contributed by atoms with E-state index in [-0.39, 0.29) is 0 Å². The highest BCUT2D eigenvalue weighted by molar-refractivity contribution is 5.50. The van der Waals surface area contributed by atoms with E-state index in [2.05, 4.69) is 62.9 Å². The Bertz CT molecular complexity index is 518. The third-order valence-corrected chi connectivity index (χ3v) is 2.92. The molecule has 0 radical (unpaired) electrons. The lowest BCUT2D eigenvalue weighted by Gasteiger charge is -2.06. The highest BCUT2D eigenvalue weighted by Crippen LogP contribution is 2.15. The third-order valence-electron chi connectivity index (χ3n) is 2.92. The molecule has 0 aliphatic heterocycles. The summed E-state index contributed by atoms with van der Waals surface area (Å²) < 4.78 is 0. The maximum Gasteiger partial charge on any atom is -0.00255 e. The number of aryl methyl sites for hydroxylation is 2. The lowest BCUT2D eigenvalue weighted by atomic mass is 10.00. The Kier molecular flexibility index (Phi) is 3.43. The fourth-order valence-electron chi connectivity index (χ4n) is 2.06. The van der Waals surface area contributed by atoms with Gasteiger partial charge in [-0.05, 0) is 37.0 Å². The molecule has 0 nitrogen and oxygen atoms in total. The van der Waals surface area contributed by atoms with Crippen molar-refractivity contribution in [1.29, 1.82) is 0 Å². The fraction of sp³-hybridized carbons (Fsp3) is 0.176. The lowest BCUT2D eigenvalue weighted by molar-refractivity contribution is 1.17. The monoisotopic (exact) mass is 222 g/mol. The van der Waals surface area contributed by atoms with Crippen LogP contribution in [-0.4, -0.2) is 0 Å². The molecule has 0 amide bonds. The van der Waals surface area contributed by atoms with Crippen molar-refractivity contribution in [2.24, 2.45) is 0 Å². The van der Waals surface area contributed by atoms with E-state index in [1.54, 1.807) is 0 Å². The first-order valence-electron chi connectivity index (χ1n) is 5.96. The van der Waals surface area contributed by atoms with Gasteiger partial charge in [0.15, 0.2) is 0 Å². The fourth-order valence-corrected chi connectivity index (χ4v) is 2.06. The van der Waals surface area contributed by atoms with E-state index in [0.29, 0.717) is 0 Å². The van der Waals surface area contributed by atoms with Crippen LogP contribution < -0.4 is 0 Å². The van der Waals surface area contributed by atoms with Gasteiger partial charge in [0.05, 0.1) is 0 Å². The summed E-state index contributed by atoms with van der Waals surface area (Å²) in [5, 5.41) is 0. The second-order valence-electron chi connectivity index (χ2n) is 4.62. The van der Waals surface area contributed by atoms with Crippen LogP contribution in [0.15, 0.2) is 49.0 Å². The van der Waals surface area contributed by atoms with Gasteiger partial charge in [0.2, 0.25) is 0 Å². The summed E-state index contributed by atoms with van der Waals surface area (Å²) in [6.45, 7) is 8.08. The summed E-state index contributed by atoms with van der Waals surface area (Å²) in [6, 6.07) is 15.3. The van der Waals surface area contributed by atoms with E-state index in [9.17, 15) is 0 Å². The lowest BCUT2D eigenvalue weighted by Crippen LogP contribution is -1.90. The minimum absolute atomic E-state index is 0.989. The molecule has 0 saturated heterocycles. The number of rotatable bonds is 3. The zero-order valence-corrected chi connectivity index (χ0v) is 10.5. The first-order chi connectivity index (χ1) is 8.17. The molecule has 0 heteroatoms. The molecule has 0 spiro atoms. The van der Waals surface area contributed by atoms with Gasteiger partial charge in [-0.25, -0.2) is 0 Å². The Labute approximate surface area is 104 Å². The van der Waals surface area contributed by atoms with Crippen LogP contribution in [0.3, 0.4) is 0 Å². The van der Waals surface area contributed by atoms with Gasteiger partial charge in [0.25, 0.3) is 0 Å². The number of benzene rings is 2. The van der Waals surface area contributed by atoms with Crippen LogP contribution in [0.2, 0.25) is 0 Å². The first-order valence-corrected chi connectivity index (χ1v) is 5.96. The van der Waals surface area contributed by atoms with Crippen molar-refractivity contribution < 1.29 is 0 Å². The molecule has 0 aliphatic carbocycles. The van der Waals surface area contributed by atoms with Crippen LogP contribution in [0, 0.1) is 13.8 Å². The summed E-state index contributed by atoms with van der Waals surface area (Å²) in [6.07, 6.45) is 2.90. The van der Waals surface area contributed by atoms with Crippen LogP contribution in [0.1, 0.15) is 27.8 Å². The number of hydrogen-bond donors (Lipinski definition) is 0. The minimum Gasteiger partial charge on any atom is -0.0985 e. The third kappa shape index (κ3) is 3.07. The van der Waals surface area contributed by atoms with Crippen molar-refractivity contribution in [3.8, 4) is 0 Å². The topological polar surface area (TPSA) is 0 Å². The standard InChI is InChI=1S/C17H18/c1-4-15-9-14(3)10-17(11-15)12-16-7-5-13(2)6-8-16/h4-11H,1,12H2,2-3H3. The van der Waals surface area contributed by atoms with Crippen molar-refractivity contribution in [2.75, 3.05) is 0 Å². The molecular formula is C17H18. The van der Waals surface area contributed by atoms with E-state index in [1.165, 1.54) is 27.8 Å². The molecule has 0 bridgehead atoms. The molecule has 2 aromatic carbocycles. The van der Waals surface area contributed by atoms with Gasteiger partial charge < -0.3 is 0 Å². The molecular weight excluding hydrogens is 204 g/mol. The second kappa shape index (κ2) is 5.01. The van der Waals surface area contributed by atoms with Gasteiger partial charge in [-0.2, -0.15) is 0 Å². The predicted octanol–water partition coefficient (Wildman–Crippen LogP) is 4.54. The van der Waals surface area contributed by atoms with Crippen LogP contribution in [-0.2, 0) is 6.42 Å². The molecule has 0 aliphatic rings. The van der Waals surface area contributed by atoms with Crippen LogP contribution in [0.4, 0.5) is 0 Å². The van der Waals surface area contributed by atoms with Crippen molar-refractivity contribution in [3.05, 3.63) is 76.9 Å². The van der Waals surface area contributed by atoms with Crippen molar-refractivity contribution in [3.63, 3.8) is 0 Å². The first kappa shape index (κ1) is 11.7. The highest BCUT2D eigenvalue weighted by atomic mass is 14.0. The Balaban J connectivity index is 2.26. The molecule has 2 rings (SSSR count). The van der Waals surface area contributed by atoms with E-state index < -0.39 is 0 Å². The van der Waals surface area contributed by atoms with E-state index in [0.717, 1.165) is 6.42 Å². The second-order valence-corrected chi connectivity index (χ2v) is 4.62. The van der Waals surface area contributed by atoms with E-state index in [1.807, 2.05) is 6.08 Å². The van der Waals surface area contributed by atoms with Crippen molar-refractivity contribution in [2.45, 2.75) is 20.3 Å². The van der Waals surface area contributed by atoms with Gasteiger partial charge in [-0.15, -0.1) is 0 Å². The SMILES string of the molecule is C=Cc1cc(C)cc(Cc2ccc(C)cc2)c1. The summed E-state index contributed by atoms with van der Waals surface area (Å²) in [7, 11) is 0. The number of hydrogen-bond acceptors (Lipinski definition) is 0. The van der Waals surface area contributed by atoms with E-state index >= 15 is 0 Å². The van der Waals surface area contributed by atoms with Gasteiger partial charge in [-0.3, -0.25) is 0 Å². The average molecular weight is 222 g/mol. The Morgan fingerprint density at radius 2 is 1.59 bits per heavy atom. The van der Waals surface area contributed by atoms with E-state index in [4.69, 9.17) is 0 Å². The van der Waals surface area contributed by atoms with Gasteiger partial charge >= 0.3 is 0 Å². The average Bonchev–Trinajstić information content (AvgIpc) is 2.31. The van der Waals surface area contributed by atoms with Gasteiger partial charge in [0, 0.05) is 0 Å². The normalized spacial score (nSPS) is 10.2. The summed E-state index contributed by atoms with van der Waals surface area (Å²) in [4.78, 5) is 0. The van der Waals surface area contributed by atoms with Gasteiger partial charge in [0.1, 0.15) is 0 Å². The highest BCUT2D eigenvalue weighted by Gasteiger charge is 1.99. The quantitative estimate of drug-likeness (QED) is 0.715. The molecule has 0 saturated carbocycles. The molecule has 17 heavy (non-hydrogen) atoms. The molecule has 0 N–H and O–H groups in total. The Hall–Kier alpha value is -1.82.